The molecule has 2 bridgehead atoms. The molecule has 1 aliphatic rings. The van der Waals surface area contributed by atoms with E-state index in [1.54, 1.807) is 12.1 Å². The van der Waals surface area contributed by atoms with Crippen LogP contribution in [0.1, 0.15) is 0 Å². The Bertz CT molecular complexity index is 1370. The Morgan fingerprint density at radius 1 is 0.833 bits per heavy atom. The standard InChI is InChI=1S/C23H19N3O4/c27-18-9-10-19(28)30-22-20(15-5-2-1-3-6-15)21-16(7-4-8-17(21)29-18)25-23(22)26-13-11-24-12-14-26/h1-10,24H,11-14H2. The Balaban J connectivity index is 2.03. The minimum atomic E-state index is -0.652. The molecule has 0 atom stereocenters. The summed E-state index contributed by atoms with van der Waals surface area (Å²) in [5.74, 6) is 0.605. The van der Waals surface area contributed by atoms with Crippen LogP contribution in [0.5, 0.6) is 0 Å². The lowest BCUT2D eigenvalue weighted by Crippen LogP contribution is -2.44. The third kappa shape index (κ3) is 3.29. The lowest BCUT2D eigenvalue weighted by Gasteiger charge is -2.29. The third-order valence-corrected chi connectivity index (χ3v) is 5.16. The highest BCUT2D eigenvalue weighted by Crippen LogP contribution is 2.38. The number of piperazine rings is 1. The maximum Gasteiger partial charge on any atom is 0.336 e. The van der Waals surface area contributed by atoms with Crippen molar-refractivity contribution in [1.29, 1.82) is 0 Å². The highest BCUT2D eigenvalue weighted by atomic mass is 16.4. The van der Waals surface area contributed by atoms with Crippen molar-refractivity contribution < 1.29 is 8.83 Å². The summed E-state index contributed by atoms with van der Waals surface area (Å²) in [6.07, 6.45) is 0. The van der Waals surface area contributed by atoms with Gasteiger partial charge in [0.1, 0.15) is 5.58 Å². The van der Waals surface area contributed by atoms with Gasteiger partial charge in [-0.3, -0.25) is 0 Å². The molecular formula is C23H19N3O4. The summed E-state index contributed by atoms with van der Waals surface area (Å²) in [4.78, 5) is 31.7. The molecule has 1 saturated heterocycles. The lowest BCUT2D eigenvalue weighted by atomic mass is 9.99. The normalized spacial score (nSPS) is 14.2. The number of fused-ring (bicyclic) bond motifs is 1. The van der Waals surface area contributed by atoms with E-state index in [1.165, 1.54) is 0 Å². The summed E-state index contributed by atoms with van der Waals surface area (Å²) in [7, 11) is 0. The zero-order chi connectivity index (χ0) is 20.5. The molecule has 7 heteroatoms. The Morgan fingerprint density at radius 2 is 1.57 bits per heavy atom. The van der Waals surface area contributed by atoms with Gasteiger partial charge in [-0.25, -0.2) is 14.6 Å². The van der Waals surface area contributed by atoms with Gasteiger partial charge in [0, 0.05) is 43.9 Å². The van der Waals surface area contributed by atoms with Crippen LogP contribution in [0.25, 0.3) is 33.2 Å². The number of nitrogens with one attached hydrogen (secondary N) is 1. The van der Waals surface area contributed by atoms with E-state index in [9.17, 15) is 9.59 Å². The van der Waals surface area contributed by atoms with Gasteiger partial charge in [0.05, 0.1) is 10.9 Å². The fraction of sp³-hybridized carbons (Fsp3) is 0.174. The van der Waals surface area contributed by atoms with Crippen molar-refractivity contribution in [1.82, 2.24) is 10.3 Å². The highest BCUT2D eigenvalue weighted by Gasteiger charge is 2.22. The van der Waals surface area contributed by atoms with Crippen molar-refractivity contribution in [2.24, 2.45) is 0 Å². The first-order valence-corrected chi connectivity index (χ1v) is 9.80. The van der Waals surface area contributed by atoms with E-state index in [-0.39, 0.29) is 0 Å². The average molecular weight is 401 g/mol. The molecule has 1 aliphatic heterocycles. The first kappa shape index (κ1) is 18.3. The van der Waals surface area contributed by atoms with Crippen LogP contribution in [0, 0.1) is 0 Å². The summed E-state index contributed by atoms with van der Waals surface area (Å²) in [6, 6.07) is 17.2. The Morgan fingerprint density at radius 3 is 2.33 bits per heavy atom. The maximum absolute atomic E-state index is 12.5. The van der Waals surface area contributed by atoms with Gasteiger partial charge in [-0.2, -0.15) is 0 Å². The number of nitrogens with zero attached hydrogens (tertiary/aromatic N) is 2. The number of aromatic nitrogens is 1. The predicted octanol–water partition coefficient (Wildman–Crippen LogP) is 2.93. The van der Waals surface area contributed by atoms with Crippen LogP contribution < -0.4 is 21.5 Å². The Hall–Kier alpha value is -3.71. The van der Waals surface area contributed by atoms with Crippen molar-refractivity contribution in [3.05, 3.63) is 81.5 Å². The SMILES string of the molecule is O=c1ccc(=O)oc2cccc3nc(N4CCNCC4)c(o1)c(-c1ccccc1)c32. The second-order valence-electron chi connectivity index (χ2n) is 7.07. The number of pyridine rings is 1. The minimum Gasteiger partial charge on any atom is -0.423 e. The van der Waals surface area contributed by atoms with Crippen LogP contribution in [0.4, 0.5) is 5.82 Å². The fourth-order valence-electron chi connectivity index (χ4n) is 3.82. The van der Waals surface area contributed by atoms with Gasteiger partial charge in [0.2, 0.25) is 0 Å². The molecule has 0 saturated carbocycles. The van der Waals surface area contributed by atoms with Gasteiger partial charge in [0.15, 0.2) is 11.4 Å². The molecule has 5 rings (SSSR count). The van der Waals surface area contributed by atoms with Crippen LogP contribution in [-0.4, -0.2) is 31.2 Å². The van der Waals surface area contributed by atoms with Crippen molar-refractivity contribution in [3.63, 3.8) is 0 Å². The first-order chi connectivity index (χ1) is 14.7. The average Bonchev–Trinajstić information content (AvgIpc) is 2.78. The number of rotatable bonds is 2. The Kier molecular flexibility index (Phi) is 4.65. The summed E-state index contributed by atoms with van der Waals surface area (Å²) < 4.78 is 11.4. The third-order valence-electron chi connectivity index (χ3n) is 5.16. The molecule has 150 valence electrons. The van der Waals surface area contributed by atoms with E-state index in [2.05, 4.69) is 10.2 Å². The van der Waals surface area contributed by atoms with E-state index >= 15 is 0 Å². The van der Waals surface area contributed by atoms with Crippen LogP contribution >= 0.6 is 0 Å². The van der Waals surface area contributed by atoms with Gasteiger partial charge in [-0.15, -0.1) is 0 Å². The number of anilines is 1. The van der Waals surface area contributed by atoms with Crippen molar-refractivity contribution in [2.45, 2.75) is 0 Å². The number of benzene rings is 2. The van der Waals surface area contributed by atoms with Crippen LogP contribution in [0.2, 0.25) is 0 Å². The quantitative estimate of drug-likeness (QED) is 0.552. The van der Waals surface area contributed by atoms with Crippen LogP contribution in [0.15, 0.2) is 79.1 Å². The first-order valence-electron chi connectivity index (χ1n) is 9.80. The zero-order valence-corrected chi connectivity index (χ0v) is 16.1. The van der Waals surface area contributed by atoms with Gasteiger partial charge < -0.3 is 19.1 Å². The van der Waals surface area contributed by atoms with E-state index in [4.69, 9.17) is 13.8 Å². The van der Waals surface area contributed by atoms with Gasteiger partial charge in [0.25, 0.3) is 0 Å². The van der Waals surface area contributed by atoms with Crippen LogP contribution in [-0.2, 0) is 0 Å². The molecule has 0 amide bonds. The topological polar surface area (TPSA) is 88.6 Å². The molecule has 0 aliphatic carbocycles. The molecule has 4 aromatic rings. The largest absolute Gasteiger partial charge is 0.423 e. The van der Waals surface area contributed by atoms with Crippen molar-refractivity contribution >= 4 is 27.9 Å². The molecular weight excluding hydrogens is 382 g/mol. The smallest absolute Gasteiger partial charge is 0.336 e. The molecule has 1 fully saturated rings. The zero-order valence-electron chi connectivity index (χ0n) is 16.1. The fourth-order valence-corrected chi connectivity index (χ4v) is 3.82. The molecule has 3 heterocycles. The van der Waals surface area contributed by atoms with E-state index in [0.29, 0.717) is 33.5 Å². The molecule has 1 N–H and O–H groups in total. The monoisotopic (exact) mass is 401 g/mol. The lowest BCUT2D eigenvalue weighted by molar-refractivity contribution is 0.543. The van der Waals surface area contributed by atoms with E-state index in [0.717, 1.165) is 43.9 Å². The molecule has 2 aromatic heterocycles. The molecule has 7 nitrogen and oxygen atoms in total. The molecule has 0 unspecified atom stereocenters. The number of hydrogen-bond donors (Lipinski definition) is 1. The number of hydrogen-bond acceptors (Lipinski definition) is 7. The van der Waals surface area contributed by atoms with Crippen molar-refractivity contribution in [3.8, 4) is 11.1 Å². The summed E-state index contributed by atoms with van der Waals surface area (Å²) in [5, 5.41) is 3.96. The molecule has 2 aromatic carbocycles. The second kappa shape index (κ2) is 7.61. The van der Waals surface area contributed by atoms with E-state index in [1.807, 2.05) is 36.4 Å². The highest BCUT2D eigenvalue weighted by molar-refractivity contribution is 6.11. The van der Waals surface area contributed by atoms with Gasteiger partial charge >= 0.3 is 11.3 Å². The van der Waals surface area contributed by atoms with Crippen LogP contribution in [0.3, 0.4) is 0 Å². The Labute approximate surface area is 171 Å². The minimum absolute atomic E-state index is 0.371. The summed E-state index contributed by atoms with van der Waals surface area (Å²) in [6.45, 7) is 3.10. The maximum atomic E-state index is 12.5. The predicted molar refractivity (Wildman–Crippen MR) is 116 cm³/mol. The van der Waals surface area contributed by atoms with Crippen molar-refractivity contribution in [2.75, 3.05) is 31.1 Å². The molecule has 0 radical (unpaired) electrons. The molecule has 30 heavy (non-hydrogen) atoms. The summed E-state index contributed by atoms with van der Waals surface area (Å²) in [5.41, 5.74) is 1.64. The van der Waals surface area contributed by atoms with Gasteiger partial charge in [-0.1, -0.05) is 36.4 Å². The summed E-state index contributed by atoms with van der Waals surface area (Å²) >= 11 is 0. The molecule has 0 spiro atoms. The second-order valence-corrected chi connectivity index (χ2v) is 7.07. The van der Waals surface area contributed by atoms with E-state index < -0.39 is 11.3 Å². The van der Waals surface area contributed by atoms with Gasteiger partial charge in [-0.05, 0) is 17.7 Å².